The molecule has 0 bridgehead atoms. The van der Waals surface area contributed by atoms with Crippen LogP contribution in [0.2, 0.25) is 10.0 Å². The van der Waals surface area contributed by atoms with E-state index in [0.29, 0.717) is 27.8 Å². The van der Waals surface area contributed by atoms with Crippen LogP contribution in [0.1, 0.15) is 44.9 Å². The van der Waals surface area contributed by atoms with E-state index in [-0.39, 0.29) is 5.78 Å². The first kappa shape index (κ1) is 21.2. The highest BCUT2D eigenvalue weighted by molar-refractivity contribution is 6.30. The van der Waals surface area contributed by atoms with Crippen molar-refractivity contribution < 1.29 is 9.53 Å². The van der Waals surface area contributed by atoms with Gasteiger partial charge in [0.15, 0.2) is 11.5 Å². The molecule has 0 atom stereocenters. The molecule has 0 amide bonds. The van der Waals surface area contributed by atoms with Crippen molar-refractivity contribution in [2.45, 2.75) is 25.5 Å². The van der Waals surface area contributed by atoms with Crippen LogP contribution in [-0.2, 0) is 16.9 Å². The zero-order chi connectivity index (χ0) is 23.4. The number of ketones is 1. The van der Waals surface area contributed by atoms with Crippen LogP contribution in [0.4, 0.5) is 0 Å². The summed E-state index contributed by atoms with van der Waals surface area (Å²) in [7, 11) is 0. The molecule has 168 valence electrons. The lowest BCUT2D eigenvalue weighted by atomic mass is 9.86. The van der Waals surface area contributed by atoms with Crippen LogP contribution in [0.3, 0.4) is 0 Å². The Labute approximate surface area is 207 Å². The predicted octanol–water partition coefficient (Wildman–Crippen LogP) is 6.82. The minimum absolute atomic E-state index is 0.00488. The fourth-order valence-corrected chi connectivity index (χ4v) is 5.21. The van der Waals surface area contributed by atoms with Gasteiger partial charge in [0, 0.05) is 32.3 Å². The summed E-state index contributed by atoms with van der Waals surface area (Å²) in [4.78, 5) is 13.6. The highest BCUT2D eigenvalue weighted by Gasteiger charge is 2.49. The van der Waals surface area contributed by atoms with Gasteiger partial charge in [0.1, 0.15) is 5.69 Å². The molecule has 1 aliphatic carbocycles. The van der Waals surface area contributed by atoms with Gasteiger partial charge in [0.05, 0.1) is 5.69 Å². The average molecular weight is 487 g/mol. The fourth-order valence-electron chi connectivity index (χ4n) is 4.95. The van der Waals surface area contributed by atoms with E-state index in [1.807, 2.05) is 90.5 Å². The first-order valence-corrected chi connectivity index (χ1v) is 11.9. The molecule has 2 aliphatic rings. The number of aromatic nitrogens is 2. The third kappa shape index (κ3) is 3.13. The summed E-state index contributed by atoms with van der Waals surface area (Å²) in [6, 6.07) is 24.8. The minimum atomic E-state index is -1.10. The molecule has 6 rings (SSSR count). The van der Waals surface area contributed by atoms with Crippen molar-refractivity contribution in [2.24, 2.45) is 0 Å². The van der Waals surface area contributed by atoms with Crippen LogP contribution in [0.25, 0.3) is 5.76 Å². The highest BCUT2D eigenvalue weighted by atomic mass is 35.5. The molecular formula is C28H20Cl2N2O2. The molecule has 0 spiro atoms. The Bertz CT molecular complexity index is 1420. The maximum Gasteiger partial charge on any atom is 0.254 e. The van der Waals surface area contributed by atoms with Crippen molar-refractivity contribution in [3.8, 4) is 0 Å². The fraction of sp³-hybridized carbons (Fsp3) is 0.143. The number of hydrogen-bond donors (Lipinski definition) is 0. The molecule has 0 saturated heterocycles. The zero-order valence-electron chi connectivity index (χ0n) is 18.4. The van der Waals surface area contributed by atoms with Gasteiger partial charge < -0.3 is 4.74 Å². The van der Waals surface area contributed by atoms with E-state index in [1.54, 1.807) is 0 Å². The summed E-state index contributed by atoms with van der Waals surface area (Å²) < 4.78 is 8.74. The maximum absolute atomic E-state index is 13.6. The Kier molecular flexibility index (Phi) is 4.91. The lowest BCUT2D eigenvalue weighted by Gasteiger charge is -2.31. The third-order valence-corrected chi connectivity index (χ3v) is 7.04. The van der Waals surface area contributed by atoms with Gasteiger partial charge in [0.25, 0.3) is 5.72 Å². The number of allylic oxidation sites excluding steroid dienone is 1. The van der Waals surface area contributed by atoms with Crippen LogP contribution < -0.4 is 0 Å². The van der Waals surface area contributed by atoms with E-state index < -0.39 is 5.72 Å². The monoisotopic (exact) mass is 486 g/mol. The van der Waals surface area contributed by atoms with Gasteiger partial charge in [-0.1, -0.05) is 71.7 Å². The van der Waals surface area contributed by atoms with Crippen LogP contribution in [-0.4, -0.2) is 15.6 Å². The molecule has 1 aliphatic heterocycles. The molecule has 0 saturated carbocycles. The van der Waals surface area contributed by atoms with E-state index >= 15 is 0 Å². The van der Waals surface area contributed by atoms with Gasteiger partial charge in [-0.3, -0.25) is 4.79 Å². The number of carbonyl (C=O) groups excluding carboxylic acids is 1. The normalized spacial score (nSPS) is 18.4. The van der Waals surface area contributed by atoms with Gasteiger partial charge in [0.2, 0.25) is 0 Å². The molecule has 4 aromatic rings. The standard InChI is InChI=1S/C28H20Cl2N2O2/c1-17-16-25-27(24-15-6-18-4-2-3-5-23(18)26(24)33)34-28(32(25)31-17,19-7-11-21(29)12-8-19)20-9-13-22(30)14-10-20/h2-5,7-14,16H,6,15H2,1H3/b27-24+. The number of ether oxygens (including phenoxy) is 1. The Morgan fingerprint density at radius 1 is 0.882 bits per heavy atom. The second-order valence-electron chi connectivity index (χ2n) is 8.64. The lowest BCUT2D eigenvalue weighted by Crippen LogP contribution is -2.36. The smallest absolute Gasteiger partial charge is 0.254 e. The Hall–Kier alpha value is -3.34. The third-order valence-electron chi connectivity index (χ3n) is 6.54. The number of fused-ring (bicyclic) bond motifs is 2. The van der Waals surface area contributed by atoms with Crippen LogP contribution in [0, 0.1) is 6.92 Å². The molecular weight excluding hydrogens is 467 g/mol. The van der Waals surface area contributed by atoms with Crippen LogP contribution in [0.5, 0.6) is 0 Å². The Morgan fingerprint density at radius 2 is 1.50 bits per heavy atom. The van der Waals surface area contributed by atoms with Crippen molar-refractivity contribution in [3.63, 3.8) is 0 Å². The van der Waals surface area contributed by atoms with Gasteiger partial charge >= 0.3 is 0 Å². The number of rotatable bonds is 2. The van der Waals surface area contributed by atoms with Gasteiger partial charge in [-0.2, -0.15) is 5.10 Å². The van der Waals surface area contributed by atoms with E-state index in [4.69, 9.17) is 33.0 Å². The summed E-state index contributed by atoms with van der Waals surface area (Å²) in [6.07, 6.45) is 1.39. The number of aryl methyl sites for hydroxylation is 2. The van der Waals surface area contributed by atoms with Crippen LogP contribution >= 0.6 is 23.2 Å². The topological polar surface area (TPSA) is 44.1 Å². The summed E-state index contributed by atoms with van der Waals surface area (Å²) in [5.41, 5.74) is 4.70. The quantitative estimate of drug-likeness (QED) is 0.292. The van der Waals surface area contributed by atoms with Crippen molar-refractivity contribution in [2.75, 3.05) is 0 Å². The first-order chi connectivity index (χ1) is 16.5. The first-order valence-electron chi connectivity index (χ1n) is 11.1. The van der Waals surface area contributed by atoms with Gasteiger partial charge in [-0.05, 0) is 55.7 Å². The number of benzene rings is 3. The van der Waals surface area contributed by atoms with E-state index in [1.165, 1.54) is 0 Å². The molecule has 0 N–H and O–H groups in total. The molecule has 1 aromatic heterocycles. The van der Waals surface area contributed by atoms with Crippen LogP contribution in [0.15, 0.2) is 84.4 Å². The summed E-state index contributed by atoms with van der Waals surface area (Å²) in [6.45, 7) is 1.94. The summed E-state index contributed by atoms with van der Waals surface area (Å²) in [5, 5.41) is 6.09. The van der Waals surface area contributed by atoms with Crippen molar-refractivity contribution in [1.82, 2.24) is 9.78 Å². The van der Waals surface area contributed by atoms with E-state index in [9.17, 15) is 4.79 Å². The number of Topliss-reactive ketones (excluding diaryl/α,β-unsaturated/α-hetero) is 1. The van der Waals surface area contributed by atoms with Crippen molar-refractivity contribution in [3.05, 3.63) is 128 Å². The predicted molar refractivity (Wildman–Crippen MR) is 133 cm³/mol. The molecule has 6 heteroatoms. The van der Waals surface area contributed by atoms with Crippen molar-refractivity contribution in [1.29, 1.82) is 0 Å². The van der Waals surface area contributed by atoms with E-state index in [2.05, 4.69) is 0 Å². The average Bonchev–Trinajstić information content (AvgIpc) is 3.37. The molecule has 34 heavy (non-hydrogen) atoms. The van der Waals surface area contributed by atoms with Gasteiger partial charge in [-0.25, -0.2) is 4.68 Å². The summed E-state index contributed by atoms with van der Waals surface area (Å²) in [5.74, 6) is 0.579. The molecule has 3 aromatic carbocycles. The SMILES string of the molecule is Cc1cc2n(n1)C(c1ccc(Cl)cc1)(c1ccc(Cl)cc1)O/C2=C1\CCc2ccccc2C1=O. The molecule has 2 heterocycles. The largest absolute Gasteiger partial charge is 0.455 e. The lowest BCUT2D eigenvalue weighted by molar-refractivity contribution is 0.0613. The molecule has 0 fully saturated rings. The Morgan fingerprint density at radius 3 is 2.15 bits per heavy atom. The molecule has 0 radical (unpaired) electrons. The second-order valence-corrected chi connectivity index (χ2v) is 9.51. The van der Waals surface area contributed by atoms with Crippen molar-refractivity contribution >= 4 is 34.7 Å². The molecule has 0 unspecified atom stereocenters. The number of hydrogen-bond acceptors (Lipinski definition) is 3. The number of nitrogens with zero attached hydrogens (tertiary/aromatic N) is 2. The maximum atomic E-state index is 13.6. The van der Waals surface area contributed by atoms with Gasteiger partial charge in [-0.15, -0.1) is 0 Å². The Balaban J connectivity index is 1.62. The minimum Gasteiger partial charge on any atom is -0.455 e. The number of halogens is 2. The molecule has 4 nitrogen and oxygen atoms in total. The number of carbonyl (C=O) groups is 1. The highest BCUT2D eigenvalue weighted by Crippen LogP contribution is 2.48. The van der Waals surface area contributed by atoms with E-state index in [0.717, 1.165) is 40.1 Å². The second kappa shape index (κ2) is 7.86. The summed E-state index contributed by atoms with van der Waals surface area (Å²) >= 11 is 12.4. The zero-order valence-corrected chi connectivity index (χ0v) is 19.9.